The molecule has 3 aliphatic rings. The van der Waals surface area contributed by atoms with Crippen molar-refractivity contribution < 1.29 is 102 Å². The summed E-state index contributed by atoms with van der Waals surface area (Å²) in [5.74, 6) is -20.3. The standard InChI is InChI=1S/C53H83N15O21S/c1-23(2)40-50(86)56-18-36(72)59-30(20-69)52(88)68-16-8-10-34(68)49(85)64-32(22-90)47(83)58-25(5)42(78)60-27(11-13-35(54)71)45(81)62-29(17-39(76)77)46(82)61-28(12-14-38(74)75)44(80)57-26(6)43(79)63-31(21-70)53(89)67-15-7-9-33(67)48(84)55-19-37(73)65-41(24(3)4)51(87)66-40/h23-34,40-41,69-70,90H,7-22H2,1-6H3,(H2,54,71)(H,55,84)(H,56,86)(H,57,80)(H,58,83)(H,59,72)(H,60,78)(H,61,82)(H,62,81)(H,63,79)(H,64,85)(H,65,73)(H,66,87)(H,74,75)(H,76,77)/t25-,26-,27-,28-,29-,30-,31-,32-,33-,34-,40-,41-/m0/s1. The van der Waals surface area contributed by atoms with Crippen molar-refractivity contribution in [2.45, 2.75) is 172 Å². The minimum Gasteiger partial charge on any atom is -0.481 e. The van der Waals surface area contributed by atoms with Crippen LogP contribution < -0.4 is 69.5 Å². The number of nitrogens with two attached hydrogens (primary N) is 1. The highest BCUT2D eigenvalue weighted by molar-refractivity contribution is 7.80. The SMILES string of the molecule is CC(C)[C@@H]1NC(=O)CNC(=O)[C@@H]2CCCN2C(=O)[C@H](CO)NC(=O)[C@H](C)NC(=O)[C@H](CCC(=O)O)NC(=O)[C@H](CC(=O)O)NC(=O)[C@H](CCC(N)=O)NC(=O)[C@H](C)NC(=O)[C@H](CS)NC(=O)[C@@H]2CCCN2C(=O)[C@H](CO)NC(=O)CNC(=O)[C@H](C(C)C)NC1=O. The van der Waals surface area contributed by atoms with Crippen LogP contribution in [0.1, 0.15) is 99.3 Å². The van der Waals surface area contributed by atoms with Gasteiger partial charge < -0.3 is 99.8 Å². The molecule has 0 unspecified atom stereocenters. The Hall–Kier alpha value is -8.74. The molecule has 3 rings (SSSR count). The molecule has 0 aliphatic carbocycles. The lowest BCUT2D eigenvalue weighted by molar-refractivity contribution is -0.143. The van der Waals surface area contributed by atoms with Crippen molar-refractivity contribution in [3.05, 3.63) is 0 Å². The number of aliphatic hydroxyl groups is 2. The lowest BCUT2D eigenvalue weighted by Crippen LogP contribution is -2.61. The van der Waals surface area contributed by atoms with Gasteiger partial charge in [-0.1, -0.05) is 27.7 Å². The Morgan fingerprint density at radius 2 is 0.878 bits per heavy atom. The van der Waals surface area contributed by atoms with Crippen molar-refractivity contribution in [2.24, 2.45) is 17.6 Å². The number of rotatable bonds is 13. The van der Waals surface area contributed by atoms with E-state index in [1.165, 1.54) is 0 Å². The molecule has 502 valence electrons. The second-order valence-corrected chi connectivity index (χ2v) is 22.7. The number of thiol groups is 1. The van der Waals surface area contributed by atoms with E-state index in [-0.39, 0.29) is 38.8 Å². The Balaban J connectivity index is 2.01. The summed E-state index contributed by atoms with van der Waals surface area (Å²) in [5, 5.41) is 67.5. The van der Waals surface area contributed by atoms with Crippen molar-refractivity contribution in [1.29, 1.82) is 0 Å². The average Bonchev–Trinajstić information content (AvgIpc) is 1.79. The molecule has 3 aliphatic heterocycles. The number of nitrogens with one attached hydrogen (secondary N) is 12. The van der Waals surface area contributed by atoms with E-state index in [9.17, 15) is 102 Å². The zero-order valence-corrected chi connectivity index (χ0v) is 51.4. The molecular formula is C53H83N15O21S. The number of hydrogen-bond acceptors (Lipinski definition) is 20. The van der Waals surface area contributed by atoms with Crippen molar-refractivity contribution in [3.8, 4) is 0 Å². The third-order valence-electron chi connectivity index (χ3n) is 14.6. The molecule has 12 atom stereocenters. The third kappa shape index (κ3) is 23.0. The van der Waals surface area contributed by atoms with Gasteiger partial charge in [0.25, 0.3) is 0 Å². The quantitative estimate of drug-likeness (QED) is 0.0762. The summed E-state index contributed by atoms with van der Waals surface area (Å²) in [7, 11) is 0. The summed E-state index contributed by atoms with van der Waals surface area (Å²) >= 11 is 4.15. The number of carboxylic acid groups (broad SMARTS) is 2. The van der Waals surface area contributed by atoms with Gasteiger partial charge in [-0.2, -0.15) is 12.6 Å². The number of carboxylic acids is 2. The molecule has 3 saturated heterocycles. The summed E-state index contributed by atoms with van der Waals surface area (Å²) in [6.45, 7) is 4.84. The van der Waals surface area contributed by atoms with Gasteiger partial charge in [-0.15, -0.1) is 0 Å². The molecule has 0 radical (unpaired) electrons. The zero-order chi connectivity index (χ0) is 67.9. The molecule has 3 heterocycles. The molecule has 0 aromatic carbocycles. The number of amides is 15. The van der Waals surface area contributed by atoms with Gasteiger partial charge in [0, 0.05) is 31.7 Å². The van der Waals surface area contributed by atoms with Crippen LogP contribution in [-0.4, -0.2) is 248 Å². The fraction of sp³-hybridized carbons (Fsp3) is 0.679. The Morgan fingerprint density at radius 3 is 1.36 bits per heavy atom. The number of fused-ring (bicyclic) bond motifs is 2. The maximum Gasteiger partial charge on any atom is 0.305 e. The summed E-state index contributed by atoms with van der Waals surface area (Å²) in [6, 6.07) is -19.1. The average molecular weight is 1300 g/mol. The summed E-state index contributed by atoms with van der Waals surface area (Å²) < 4.78 is 0. The molecule has 3 fully saturated rings. The molecule has 0 spiro atoms. The molecule has 90 heavy (non-hydrogen) atoms. The molecule has 0 bridgehead atoms. The Morgan fingerprint density at radius 1 is 0.478 bits per heavy atom. The Labute approximate surface area is 521 Å². The summed E-state index contributed by atoms with van der Waals surface area (Å²) in [6.07, 6.45) is -3.33. The lowest BCUT2D eigenvalue weighted by atomic mass is 9.99. The fourth-order valence-corrected chi connectivity index (χ4v) is 9.81. The van der Waals surface area contributed by atoms with Crippen LogP contribution in [0.3, 0.4) is 0 Å². The molecule has 36 nitrogen and oxygen atoms in total. The van der Waals surface area contributed by atoms with Crippen molar-refractivity contribution >= 4 is 113 Å². The predicted octanol–water partition coefficient (Wildman–Crippen LogP) is -9.07. The first-order valence-electron chi connectivity index (χ1n) is 29.0. The van der Waals surface area contributed by atoms with Crippen LogP contribution in [0.2, 0.25) is 0 Å². The van der Waals surface area contributed by atoms with Gasteiger partial charge in [0.2, 0.25) is 88.6 Å². The van der Waals surface area contributed by atoms with Gasteiger partial charge in [-0.05, 0) is 64.2 Å². The molecule has 37 heteroatoms. The van der Waals surface area contributed by atoms with Crippen LogP contribution in [0.25, 0.3) is 0 Å². The van der Waals surface area contributed by atoms with Crippen LogP contribution in [0.4, 0.5) is 0 Å². The second kappa shape index (κ2) is 36.1. The number of hydrogen-bond donors (Lipinski definition) is 18. The van der Waals surface area contributed by atoms with E-state index >= 15 is 0 Å². The molecule has 0 aromatic heterocycles. The van der Waals surface area contributed by atoms with E-state index in [1.807, 2.05) is 0 Å². The Bertz CT molecular complexity index is 2720. The topological polar surface area (TPSA) is 548 Å². The van der Waals surface area contributed by atoms with Crippen LogP contribution in [0.5, 0.6) is 0 Å². The third-order valence-corrected chi connectivity index (χ3v) is 14.9. The van der Waals surface area contributed by atoms with Crippen LogP contribution in [0.15, 0.2) is 0 Å². The van der Waals surface area contributed by atoms with Crippen LogP contribution >= 0.6 is 12.6 Å². The predicted molar refractivity (Wildman–Crippen MR) is 311 cm³/mol. The van der Waals surface area contributed by atoms with Gasteiger partial charge in [0.15, 0.2) is 0 Å². The minimum atomic E-state index is -2.11. The minimum absolute atomic E-state index is 0.0406. The largest absolute Gasteiger partial charge is 0.481 e. The highest BCUT2D eigenvalue weighted by atomic mass is 32.1. The van der Waals surface area contributed by atoms with E-state index < -0.39 is 249 Å². The maximum absolute atomic E-state index is 13.8. The highest BCUT2D eigenvalue weighted by Gasteiger charge is 2.42. The van der Waals surface area contributed by atoms with E-state index in [0.29, 0.717) is 0 Å². The first kappa shape index (κ1) is 75.5. The van der Waals surface area contributed by atoms with E-state index in [1.54, 1.807) is 27.7 Å². The smallest absolute Gasteiger partial charge is 0.305 e. The first-order valence-corrected chi connectivity index (χ1v) is 29.6. The van der Waals surface area contributed by atoms with Gasteiger partial charge in [0.1, 0.15) is 72.5 Å². The summed E-state index contributed by atoms with van der Waals surface area (Å²) in [5.41, 5.74) is 5.31. The number of carbonyl (C=O) groups is 17. The monoisotopic (exact) mass is 1300 g/mol. The highest BCUT2D eigenvalue weighted by Crippen LogP contribution is 2.21. The maximum atomic E-state index is 13.8. The molecule has 15 amide bonds. The van der Waals surface area contributed by atoms with E-state index in [4.69, 9.17) is 5.73 Å². The van der Waals surface area contributed by atoms with E-state index in [0.717, 1.165) is 23.6 Å². The van der Waals surface area contributed by atoms with Gasteiger partial charge in [-0.25, -0.2) is 0 Å². The summed E-state index contributed by atoms with van der Waals surface area (Å²) in [4.78, 5) is 228. The lowest BCUT2D eigenvalue weighted by Gasteiger charge is -2.29. The second-order valence-electron chi connectivity index (χ2n) is 22.3. The number of primary amides is 1. The number of nitrogens with zero attached hydrogens (tertiary/aromatic N) is 2. The number of carbonyl (C=O) groups excluding carboxylic acids is 15. The van der Waals surface area contributed by atoms with Crippen molar-refractivity contribution in [3.63, 3.8) is 0 Å². The van der Waals surface area contributed by atoms with Crippen molar-refractivity contribution in [1.82, 2.24) is 73.6 Å². The van der Waals surface area contributed by atoms with Gasteiger partial charge in [-0.3, -0.25) is 81.5 Å². The molecular weight excluding hydrogens is 1210 g/mol. The molecule has 0 aromatic rings. The van der Waals surface area contributed by atoms with Gasteiger partial charge >= 0.3 is 11.9 Å². The van der Waals surface area contributed by atoms with Crippen LogP contribution in [-0.2, 0) is 81.5 Å². The van der Waals surface area contributed by atoms with Crippen LogP contribution in [0, 0.1) is 11.8 Å². The Kier molecular flexibility index (Phi) is 30.2. The fourth-order valence-electron chi connectivity index (χ4n) is 9.56. The first-order chi connectivity index (χ1) is 42.2. The van der Waals surface area contributed by atoms with E-state index in [2.05, 4.69) is 76.4 Å². The molecule has 18 N–H and O–H groups in total. The normalized spacial score (nSPS) is 28.1. The van der Waals surface area contributed by atoms with Crippen molar-refractivity contribution in [2.75, 3.05) is 45.1 Å². The number of aliphatic carboxylic acids is 2. The van der Waals surface area contributed by atoms with Gasteiger partial charge in [0.05, 0.1) is 32.7 Å². The zero-order valence-electron chi connectivity index (χ0n) is 50.5. The number of aliphatic hydroxyl groups excluding tert-OH is 2. The molecule has 0 saturated carbocycles.